The van der Waals surface area contributed by atoms with Crippen molar-refractivity contribution < 1.29 is 11.5 Å². The number of anilines is 1. The van der Waals surface area contributed by atoms with E-state index in [1.54, 1.807) is 24.4 Å². The van der Waals surface area contributed by atoms with Gasteiger partial charge in [-0.05, 0) is 30.3 Å². The largest absolute Gasteiger partial charge is 0.345 e. The van der Waals surface area contributed by atoms with Crippen molar-refractivity contribution in [1.29, 1.82) is 0 Å². The van der Waals surface area contributed by atoms with Crippen LogP contribution in [-0.2, 0) is 0 Å². The van der Waals surface area contributed by atoms with E-state index in [2.05, 4.69) is 10.3 Å². The lowest BCUT2D eigenvalue weighted by Crippen LogP contribution is -2.12. The maximum Gasteiger partial charge on any atom is 0.139 e. The van der Waals surface area contributed by atoms with Crippen molar-refractivity contribution in [2.75, 3.05) is 11.3 Å². The first-order chi connectivity index (χ1) is 9.85. The first kappa shape index (κ1) is 11.3. The lowest BCUT2D eigenvalue weighted by Gasteiger charge is -2.09. The first-order valence-corrected chi connectivity index (χ1v) is 6.47. The van der Waals surface area contributed by atoms with E-state index < -0.39 is 11.8 Å². The third kappa shape index (κ3) is 3.71. The van der Waals surface area contributed by atoms with Gasteiger partial charge < -0.3 is 5.32 Å². The summed E-state index contributed by atoms with van der Waals surface area (Å²) in [5.74, 6) is -3.75. The molecule has 0 bridgehead atoms. The third-order valence-electron chi connectivity index (χ3n) is 2.24. The summed E-state index contributed by atoms with van der Waals surface area (Å²) in [5, 5.41) is 2.86. The number of nitrogens with one attached hydrogen (secondary N) is 1. The van der Waals surface area contributed by atoms with Crippen LogP contribution in [0.5, 0.6) is 0 Å². The Bertz CT molecular complexity index is 648. The molecule has 0 aliphatic carbocycles. The highest BCUT2D eigenvalue weighted by molar-refractivity contribution is 7.99. The Labute approximate surface area is 122 Å². The van der Waals surface area contributed by atoms with E-state index in [-0.39, 0.29) is 16.7 Å². The fourth-order valence-electron chi connectivity index (χ4n) is 1.39. The molecule has 0 atom stereocenters. The quantitative estimate of drug-likeness (QED) is 0.680. The van der Waals surface area contributed by atoms with E-state index in [4.69, 9.17) is 15.0 Å². The van der Waals surface area contributed by atoms with Gasteiger partial charge in [0.1, 0.15) is 16.8 Å². The van der Waals surface area contributed by atoms with Gasteiger partial charge in [-0.3, -0.25) is 4.98 Å². The number of pyridine rings is 1. The Balaban J connectivity index is 2.18. The predicted octanol–water partition coefficient (Wildman–Crippen LogP) is 4.03. The first-order valence-electron chi connectivity index (χ1n) is 6.25. The zero-order chi connectivity index (χ0) is 15.5. The van der Waals surface area contributed by atoms with Gasteiger partial charge >= 0.3 is 0 Å². The molecule has 0 aliphatic heterocycles. The molecule has 2 rings (SSSR count). The summed E-state index contributed by atoms with van der Waals surface area (Å²) < 4.78 is 40.2. The summed E-state index contributed by atoms with van der Waals surface area (Å²) in [6.07, 6.45) is 1.59. The lowest BCUT2D eigenvalue weighted by atomic mass is 10.3. The molecule has 2 nitrogen and oxygen atoms in total. The number of thioether (sulfide) groups is 1. The van der Waals surface area contributed by atoms with E-state index >= 15 is 0 Å². The highest BCUT2D eigenvalue weighted by Gasteiger charge is 2.07. The van der Waals surface area contributed by atoms with Gasteiger partial charge in [0, 0.05) is 16.8 Å². The van der Waals surface area contributed by atoms with Crippen LogP contribution in [0.1, 0.15) is 8.44 Å². The molecule has 1 aromatic carbocycles. The Hall–Kier alpha value is -1.53. The maximum atomic E-state index is 13.5. The maximum absolute atomic E-state index is 13.5. The summed E-state index contributed by atoms with van der Waals surface area (Å²) >= 11 is 5.32. The fraction of sp³-hybridized carbons (Fsp3) is 0.0769. The standard InChI is InChI=1S/C13H10F2N2S2/c14-8-19-12-7-9(4-5-10(12)15)17-13(18)11-3-1-2-6-16-11/h1-7H,8H2,(H,17,18)/i8D2. The lowest BCUT2D eigenvalue weighted by molar-refractivity contribution is 0.590. The molecule has 0 saturated heterocycles. The molecule has 1 heterocycles. The molecule has 19 heavy (non-hydrogen) atoms. The van der Waals surface area contributed by atoms with Crippen LogP contribution in [0.4, 0.5) is 14.5 Å². The number of thiocarbonyl (C=S) groups is 1. The van der Waals surface area contributed by atoms with Crippen LogP contribution >= 0.6 is 24.0 Å². The number of rotatable bonds is 4. The number of alkyl halides is 1. The molecule has 0 aliphatic rings. The van der Waals surface area contributed by atoms with Gasteiger partial charge in [-0.25, -0.2) is 8.78 Å². The second-order valence-electron chi connectivity index (χ2n) is 3.49. The zero-order valence-electron chi connectivity index (χ0n) is 11.6. The summed E-state index contributed by atoms with van der Waals surface area (Å²) in [6.45, 7) is 0. The molecule has 0 radical (unpaired) electrons. The van der Waals surface area contributed by atoms with Gasteiger partial charge in [-0.1, -0.05) is 30.0 Å². The van der Waals surface area contributed by atoms with E-state index in [1.807, 2.05) is 0 Å². The molecule has 1 aromatic heterocycles. The Kier molecular flexibility index (Phi) is 3.92. The van der Waals surface area contributed by atoms with Crippen LogP contribution in [0.3, 0.4) is 0 Å². The van der Waals surface area contributed by atoms with Gasteiger partial charge in [-0.2, -0.15) is 0 Å². The third-order valence-corrected chi connectivity index (χ3v) is 3.16. The zero-order valence-corrected chi connectivity index (χ0v) is 11.2. The number of halogens is 2. The molecule has 0 spiro atoms. The summed E-state index contributed by atoms with van der Waals surface area (Å²) in [7, 11) is 0. The highest BCUT2D eigenvalue weighted by atomic mass is 32.2. The van der Waals surface area contributed by atoms with Gasteiger partial charge in [0.15, 0.2) is 0 Å². The summed E-state index contributed by atoms with van der Waals surface area (Å²) in [5.41, 5.74) is 0.977. The molecule has 0 unspecified atom stereocenters. The number of hydrogen-bond donors (Lipinski definition) is 1. The van der Waals surface area contributed by atoms with Crippen LogP contribution in [0.2, 0.25) is 0 Å². The van der Waals surface area contributed by atoms with Crippen LogP contribution in [0.15, 0.2) is 47.5 Å². The second kappa shape index (κ2) is 6.58. The van der Waals surface area contributed by atoms with Gasteiger partial charge in [0.05, 0.1) is 8.44 Å². The average molecular weight is 298 g/mol. The number of hydrogen-bond acceptors (Lipinski definition) is 3. The number of aromatic nitrogens is 1. The molecule has 6 heteroatoms. The van der Waals surface area contributed by atoms with Crippen molar-refractivity contribution in [2.24, 2.45) is 0 Å². The van der Waals surface area contributed by atoms with Crippen molar-refractivity contribution in [3.63, 3.8) is 0 Å². The molecule has 2 aromatic rings. The van der Waals surface area contributed by atoms with Crippen molar-refractivity contribution in [3.8, 4) is 0 Å². The monoisotopic (exact) mass is 298 g/mol. The van der Waals surface area contributed by atoms with Gasteiger partial charge in [0.2, 0.25) is 0 Å². The van der Waals surface area contributed by atoms with Crippen molar-refractivity contribution in [1.82, 2.24) is 4.98 Å². The summed E-state index contributed by atoms with van der Waals surface area (Å²) in [6, 6.07) is 9.10. The number of benzene rings is 1. The normalized spacial score (nSPS) is 12.5. The fourth-order valence-corrected chi connectivity index (χ4v) is 2.07. The summed E-state index contributed by atoms with van der Waals surface area (Å²) in [4.78, 5) is 4.26. The van der Waals surface area contributed by atoms with Crippen molar-refractivity contribution >= 4 is 34.7 Å². The van der Waals surface area contributed by atoms with Crippen LogP contribution in [-0.4, -0.2) is 15.9 Å². The molecule has 1 N–H and O–H groups in total. The Morgan fingerprint density at radius 3 is 2.95 bits per heavy atom. The van der Waals surface area contributed by atoms with E-state index in [9.17, 15) is 8.78 Å². The minimum absolute atomic E-state index is 0.142. The topological polar surface area (TPSA) is 24.9 Å². The number of nitrogens with zero attached hydrogens (tertiary/aromatic N) is 1. The molecule has 98 valence electrons. The molecule has 0 saturated carbocycles. The van der Waals surface area contributed by atoms with Crippen LogP contribution in [0.25, 0.3) is 0 Å². The van der Waals surface area contributed by atoms with E-state index in [0.717, 1.165) is 6.07 Å². The minimum Gasteiger partial charge on any atom is -0.345 e. The molecular formula is C13H10F2N2S2. The van der Waals surface area contributed by atoms with Crippen LogP contribution < -0.4 is 5.32 Å². The Morgan fingerprint density at radius 1 is 1.42 bits per heavy atom. The smallest absolute Gasteiger partial charge is 0.139 e. The molecular weight excluding hydrogens is 286 g/mol. The van der Waals surface area contributed by atoms with E-state index in [0.29, 0.717) is 16.4 Å². The minimum atomic E-state index is -3.05. The second-order valence-corrected chi connectivity index (χ2v) is 4.70. The SMILES string of the molecule is [2H]C([2H])(F)Sc1cc(NC(=S)c2ccccn2)ccc1F. The average Bonchev–Trinajstić information content (AvgIpc) is 2.42. The van der Waals surface area contributed by atoms with Crippen LogP contribution in [0, 0.1) is 5.82 Å². The van der Waals surface area contributed by atoms with Gasteiger partial charge in [0.25, 0.3) is 0 Å². The van der Waals surface area contributed by atoms with Gasteiger partial charge in [-0.15, -0.1) is 0 Å². The predicted molar refractivity (Wildman–Crippen MR) is 77.8 cm³/mol. The van der Waals surface area contributed by atoms with E-state index in [1.165, 1.54) is 12.1 Å². The van der Waals surface area contributed by atoms with Crippen molar-refractivity contribution in [3.05, 3.63) is 54.1 Å². The Morgan fingerprint density at radius 2 is 2.26 bits per heavy atom. The van der Waals surface area contributed by atoms with Crippen molar-refractivity contribution in [2.45, 2.75) is 4.90 Å². The molecule has 0 amide bonds. The highest BCUT2D eigenvalue weighted by Crippen LogP contribution is 2.25. The molecule has 0 fully saturated rings.